The molecule has 0 aliphatic rings. The molecule has 0 N–H and O–H groups in total. The third kappa shape index (κ3) is 4.76. The van der Waals surface area contributed by atoms with Gasteiger partial charge in [-0.05, 0) is 31.2 Å². The fourth-order valence-corrected chi connectivity index (χ4v) is 2.27. The smallest absolute Gasteiger partial charge is 0.523 e. The van der Waals surface area contributed by atoms with Gasteiger partial charge in [-0.25, -0.2) is 0 Å². The van der Waals surface area contributed by atoms with Crippen molar-refractivity contribution in [2.45, 2.75) is 6.92 Å². The number of ketones is 1. The predicted octanol–water partition coefficient (Wildman–Crippen LogP) is 1.83. The summed E-state index contributed by atoms with van der Waals surface area (Å²) in [6.07, 6.45) is 0. The van der Waals surface area contributed by atoms with Gasteiger partial charge in [-0.2, -0.15) is 0 Å². The molecule has 0 aliphatic heterocycles. The Morgan fingerprint density at radius 2 is 1.40 bits per heavy atom. The molecule has 4 heteroatoms. The average Bonchev–Trinajstić information content (AvgIpc) is 2.63. The monoisotopic (exact) mass is 324 g/mol. The Morgan fingerprint density at radius 3 is 1.92 bits per heavy atom. The Labute approximate surface area is 159 Å². The van der Waals surface area contributed by atoms with Gasteiger partial charge >= 0.3 is 18.9 Å². The van der Waals surface area contributed by atoms with Crippen molar-refractivity contribution in [2.75, 3.05) is 7.11 Å². The zero-order chi connectivity index (χ0) is 16.9. The molecule has 0 heterocycles. The molecular weight excluding hydrogens is 307 g/mol. The van der Waals surface area contributed by atoms with Crippen molar-refractivity contribution in [3.05, 3.63) is 89.5 Å². The summed E-state index contributed by atoms with van der Waals surface area (Å²) in [5, 5.41) is 0. The van der Waals surface area contributed by atoms with Crippen molar-refractivity contribution in [3.8, 4) is 17.2 Å². The summed E-state index contributed by atoms with van der Waals surface area (Å²) in [6, 6.07) is 22.9. The standard InChI is InChI=1S/C21H17O3.Li/c1-15-3-5-16(6-4-15)21(22)17-7-9-19(10-8-17)24-20-13-11-18(23-2)12-14-20;/h3-11,13-14H,1-2H3;/q-1;+1. The molecule has 0 aromatic heterocycles. The van der Waals surface area contributed by atoms with E-state index in [2.05, 4.69) is 6.07 Å². The van der Waals surface area contributed by atoms with Crippen LogP contribution in [0.25, 0.3) is 0 Å². The molecule has 0 spiro atoms. The van der Waals surface area contributed by atoms with Gasteiger partial charge in [0.1, 0.15) is 5.75 Å². The van der Waals surface area contributed by atoms with Crippen molar-refractivity contribution in [2.24, 2.45) is 0 Å². The van der Waals surface area contributed by atoms with Crippen LogP contribution in [0, 0.1) is 13.0 Å². The normalized spacial score (nSPS) is 9.84. The Morgan fingerprint density at radius 1 is 0.840 bits per heavy atom. The van der Waals surface area contributed by atoms with E-state index in [1.54, 1.807) is 49.6 Å². The summed E-state index contributed by atoms with van der Waals surface area (Å²) in [7, 11) is 1.59. The molecule has 3 rings (SSSR count). The van der Waals surface area contributed by atoms with Gasteiger partial charge in [0.15, 0.2) is 5.78 Å². The van der Waals surface area contributed by atoms with Crippen molar-refractivity contribution in [3.63, 3.8) is 0 Å². The number of rotatable bonds is 5. The van der Waals surface area contributed by atoms with Crippen molar-refractivity contribution in [1.29, 1.82) is 0 Å². The molecule has 0 atom stereocenters. The van der Waals surface area contributed by atoms with Gasteiger partial charge in [-0.15, -0.1) is 24.3 Å². The number of benzene rings is 3. The van der Waals surface area contributed by atoms with Crippen molar-refractivity contribution in [1.82, 2.24) is 0 Å². The second kappa shape index (κ2) is 8.57. The van der Waals surface area contributed by atoms with Crippen LogP contribution in [0.5, 0.6) is 17.2 Å². The second-order valence-electron chi connectivity index (χ2n) is 5.41. The van der Waals surface area contributed by atoms with Crippen LogP contribution >= 0.6 is 0 Å². The zero-order valence-electron chi connectivity index (χ0n) is 14.6. The number of methoxy groups -OCH3 is 1. The minimum absolute atomic E-state index is 0. The van der Waals surface area contributed by atoms with E-state index in [9.17, 15) is 4.79 Å². The van der Waals surface area contributed by atoms with E-state index in [-0.39, 0.29) is 24.6 Å². The molecule has 0 aliphatic carbocycles. The molecule has 120 valence electrons. The molecule has 0 saturated heterocycles. The third-order valence-electron chi connectivity index (χ3n) is 3.64. The van der Waals surface area contributed by atoms with Gasteiger partial charge in [0.05, 0.1) is 7.11 Å². The van der Waals surface area contributed by atoms with Gasteiger partial charge in [0, 0.05) is 22.6 Å². The number of carbonyl (C=O) groups is 1. The first-order valence-electron chi connectivity index (χ1n) is 7.61. The van der Waals surface area contributed by atoms with E-state index in [1.165, 1.54) is 0 Å². The fourth-order valence-electron chi connectivity index (χ4n) is 2.27. The molecule has 0 fully saturated rings. The van der Waals surface area contributed by atoms with Gasteiger partial charge in [0.25, 0.3) is 0 Å². The average molecular weight is 324 g/mol. The molecule has 3 nitrogen and oxygen atoms in total. The van der Waals surface area contributed by atoms with Gasteiger partial charge in [-0.3, -0.25) is 4.79 Å². The van der Waals surface area contributed by atoms with Crippen LogP contribution in [0.2, 0.25) is 0 Å². The van der Waals surface area contributed by atoms with Crippen molar-refractivity contribution < 1.29 is 33.1 Å². The number of carbonyl (C=O) groups excluding carboxylic acids is 1. The Kier molecular flexibility index (Phi) is 6.47. The second-order valence-corrected chi connectivity index (χ2v) is 5.41. The maximum atomic E-state index is 12.4. The van der Waals surface area contributed by atoms with E-state index in [1.807, 2.05) is 31.2 Å². The first-order chi connectivity index (χ1) is 11.7. The topological polar surface area (TPSA) is 35.5 Å². The van der Waals surface area contributed by atoms with Crippen LogP contribution < -0.4 is 28.3 Å². The summed E-state index contributed by atoms with van der Waals surface area (Å²) < 4.78 is 10.8. The Bertz CT molecular complexity index is 823. The van der Waals surface area contributed by atoms with Gasteiger partial charge in [0.2, 0.25) is 0 Å². The summed E-state index contributed by atoms with van der Waals surface area (Å²) >= 11 is 0. The molecule has 0 saturated carbocycles. The SMILES string of the molecule is COc1[c-]cc(Oc2ccc(C(=O)c3ccc(C)cc3)cc2)cc1.[Li+]. The Hall–Kier alpha value is -2.47. The van der Waals surface area contributed by atoms with Crippen LogP contribution in [0.1, 0.15) is 21.5 Å². The number of aryl methyl sites for hydroxylation is 1. The molecule has 25 heavy (non-hydrogen) atoms. The van der Waals surface area contributed by atoms with E-state index < -0.39 is 0 Å². The molecule has 0 unspecified atom stereocenters. The summed E-state index contributed by atoms with van der Waals surface area (Å²) in [4.78, 5) is 12.4. The minimum Gasteiger partial charge on any atom is -0.523 e. The number of hydrogen-bond donors (Lipinski definition) is 0. The zero-order valence-corrected chi connectivity index (χ0v) is 14.6. The van der Waals surface area contributed by atoms with Crippen LogP contribution in [0.4, 0.5) is 0 Å². The summed E-state index contributed by atoms with van der Waals surface area (Å²) in [5.41, 5.74) is 2.44. The van der Waals surface area contributed by atoms with E-state index >= 15 is 0 Å². The fraction of sp³-hybridized carbons (Fsp3) is 0.0952. The first kappa shape index (κ1) is 18.9. The maximum absolute atomic E-state index is 12.4. The Balaban J connectivity index is 0.00000225. The van der Waals surface area contributed by atoms with Crippen LogP contribution in [0.15, 0.2) is 66.7 Å². The van der Waals surface area contributed by atoms with Gasteiger partial charge < -0.3 is 9.47 Å². The molecular formula is C21H17LiO3. The molecule has 3 aromatic rings. The summed E-state index contributed by atoms with van der Waals surface area (Å²) in [6.45, 7) is 2.00. The molecule has 0 amide bonds. The maximum Gasteiger partial charge on any atom is 1.00 e. The minimum atomic E-state index is -0.000620. The molecule has 3 aromatic carbocycles. The van der Waals surface area contributed by atoms with Crippen LogP contribution in [-0.2, 0) is 0 Å². The largest absolute Gasteiger partial charge is 1.00 e. The molecule has 0 bridgehead atoms. The van der Waals surface area contributed by atoms with E-state index in [0.29, 0.717) is 28.4 Å². The van der Waals surface area contributed by atoms with Crippen molar-refractivity contribution >= 4 is 5.78 Å². The van der Waals surface area contributed by atoms with E-state index in [4.69, 9.17) is 9.47 Å². The summed E-state index contributed by atoms with van der Waals surface area (Å²) in [5.74, 6) is 1.98. The van der Waals surface area contributed by atoms with E-state index in [0.717, 1.165) is 5.56 Å². The molecule has 0 radical (unpaired) electrons. The number of ether oxygens (including phenoxy) is 2. The van der Waals surface area contributed by atoms with Gasteiger partial charge in [-0.1, -0.05) is 29.8 Å². The third-order valence-corrected chi connectivity index (χ3v) is 3.64. The van der Waals surface area contributed by atoms with Crippen LogP contribution in [0.3, 0.4) is 0 Å². The van der Waals surface area contributed by atoms with Crippen LogP contribution in [-0.4, -0.2) is 12.9 Å². The predicted molar refractivity (Wildman–Crippen MR) is 93.0 cm³/mol. The number of hydrogen-bond acceptors (Lipinski definition) is 3. The quantitative estimate of drug-likeness (QED) is 0.408. The first-order valence-corrected chi connectivity index (χ1v) is 7.61.